The molecule has 0 saturated heterocycles. The van der Waals surface area contributed by atoms with Crippen molar-refractivity contribution in [1.82, 2.24) is 4.98 Å². The first-order chi connectivity index (χ1) is 13.7. The zero-order valence-corrected chi connectivity index (χ0v) is 15.3. The molecular formula is C20H14FN3O3S. The Morgan fingerprint density at radius 2 is 2.07 bits per heavy atom. The molecule has 6 nitrogen and oxygen atoms in total. The second-order valence-electron chi connectivity index (χ2n) is 5.68. The van der Waals surface area contributed by atoms with Crippen LogP contribution in [0.4, 0.5) is 9.52 Å². The van der Waals surface area contributed by atoms with Crippen LogP contribution in [0.25, 0.3) is 10.2 Å². The van der Waals surface area contributed by atoms with Gasteiger partial charge in [0.15, 0.2) is 6.61 Å². The Kier molecular flexibility index (Phi) is 5.11. The first kappa shape index (κ1) is 17.9. The number of nitrogens with zero attached hydrogens (tertiary/aromatic N) is 3. The second-order valence-corrected chi connectivity index (χ2v) is 6.68. The lowest BCUT2D eigenvalue weighted by Gasteiger charge is -2.14. The fraction of sp³-hybridized carbons (Fsp3) is 0.0500. The molecule has 0 aliphatic rings. The number of aromatic nitrogens is 1. The molecule has 0 radical (unpaired) electrons. The SMILES string of the molecule is O=C(COc1ccccc1)N(/N=C/c1ccco1)c1nc2ccc(F)cc2s1. The highest BCUT2D eigenvalue weighted by atomic mass is 32.1. The molecule has 0 atom stereocenters. The van der Waals surface area contributed by atoms with Crippen molar-refractivity contribution in [3.63, 3.8) is 0 Å². The Morgan fingerprint density at radius 1 is 1.21 bits per heavy atom. The van der Waals surface area contributed by atoms with E-state index in [1.54, 1.807) is 30.3 Å². The first-order valence-electron chi connectivity index (χ1n) is 8.33. The lowest BCUT2D eigenvalue weighted by atomic mass is 10.3. The van der Waals surface area contributed by atoms with Gasteiger partial charge in [0.25, 0.3) is 5.91 Å². The first-order valence-corrected chi connectivity index (χ1v) is 9.15. The Balaban J connectivity index is 1.61. The van der Waals surface area contributed by atoms with Gasteiger partial charge in [-0.2, -0.15) is 10.1 Å². The topological polar surface area (TPSA) is 67.9 Å². The summed E-state index contributed by atoms with van der Waals surface area (Å²) in [4.78, 5) is 17.2. The molecule has 1 amide bonds. The Labute approximate surface area is 163 Å². The van der Waals surface area contributed by atoms with Gasteiger partial charge in [-0.05, 0) is 42.5 Å². The molecule has 0 N–H and O–H groups in total. The summed E-state index contributed by atoms with van der Waals surface area (Å²) in [5.74, 6) is 0.254. The van der Waals surface area contributed by atoms with Gasteiger partial charge < -0.3 is 9.15 Å². The summed E-state index contributed by atoms with van der Waals surface area (Å²) in [7, 11) is 0. The fourth-order valence-corrected chi connectivity index (χ4v) is 3.37. The number of ether oxygens (including phenoxy) is 1. The van der Waals surface area contributed by atoms with E-state index in [0.29, 0.717) is 26.9 Å². The number of amides is 1. The predicted octanol–water partition coefficient (Wildman–Crippen LogP) is 4.47. The van der Waals surface area contributed by atoms with E-state index in [1.807, 2.05) is 18.2 Å². The number of benzene rings is 2. The second kappa shape index (κ2) is 8.01. The number of anilines is 1. The zero-order valence-electron chi connectivity index (χ0n) is 14.5. The number of thiazole rings is 1. The lowest BCUT2D eigenvalue weighted by molar-refractivity contribution is -0.120. The van der Waals surface area contributed by atoms with E-state index in [1.165, 1.54) is 24.6 Å². The third-order valence-electron chi connectivity index (χ3n) is 3.71. The quantitative estimate of drug-likeness (QED) is 0.357. The highest BCUT2D eigenvalue weighted by Crippen LogP contribution is 2.29. The zero-order chi connectivity index (χ0) is 19.3. The van der Waals surface area contributed by atoms with Crippen molar-refractivity contribution in [3.05, 3.63) is 78.5 Å². The maximum absolute atomic E-state index is 13.5. The number of fused-ring (bicyclic) bond motifs is 1. The van der Waals surface area contributed by atoms with E-state index in [0.717, 1.165) is 16.3 Å². The van der Waals surface area contributed by atoms with Crippen molar-refractivity contribution in [3.8, 4) is 5.75 Å². The summed E-state index contributed by atoms with van der Waals surface area (Å²) in [6.45, 7) is -0.232. The van der Waals surface area contributed by atoms with Gasteiger partial charge in [0, 0.05) is 0 Å². The summed E-state index contributed by atoms with van der Waals surface area (Å²) in [6.07, 6.45) is 2.92. The minimum atomic E-state index is -0.425. The van der Waals surface area contributed by atoms with Crippen LogP contribution in [-0.2, 0) is 4.79 Å². The Morgan fingerprint density at radius 3 is 2.86 bits per heavy atom. The Bertz CT molecular complexity index is 1110. The summed E-state index contributed by atoms with van der Waals surface area (Å²) in [5, 5.41) is 5.65. The molecule has 0 saturated carbocycles. The summed E-state index contributed by atoms with van der Waals surface area (Å²) in [5.41, 5.74) is 0.580. The number of carbonyl (C=O) groups is 1. The molecule has 0 bridgehead atoms. The molecule has 4 rings (SSSR count). The van der Waals surface area contributed by atoms with Gasteiger partial charge in [0.1, 0.15) is 17.3 Å². The van der Waals surface area contributed by atoms with Crippen molar-refractivity contribution < 1.29 is 18.3 Å². The molecule has 0 unspecified atom stereocenters. The van der Waals surface area contributed by atoms with Crippen molar-refractivity contribution in [1.29, 1.82) is 0 Å². The van der Waals surface area contributed by atoms with Crippen LogP contribution in [0.2, 0.25) is 0 Å². The van der Waals surface area contributed by atoms with Crippen molar-refractivity contribution in [2.75, 3.05) is 11.6 Å². The monoisotopic (exact) mass is 395 g/mol. The molecule has 140 valence electrons. The van der Waals surface area contributed by atoms with Crippen molar-refractivity contribution in [2.45, 2.75) is 0 Å². The predicted molar refractivity (Wildman–Crippen MR) is 105 cm³/mol. The average Bonchev–Trinajstić information content (AvgIpc) is 3.37. The highest BCUT2D eigenvalue weighted by molar-refractivity contribution is 7.22. The molecule has 0 fully saturated rings. The van der Waals surface area contributed by atoms with Crippen LogP contribution >= 0.6 is 11.3 Å². The number of para-hydroxylation sites is 1. The number of rotatable bonds is 6. The number of hydrogen-bond acceptors (Lipinski definition) is 6. The molecule has 2 heterocycles. The van der Waals surface area contributed by atoms with Crippen LogP contribution in [0.5, 0.6) is 5.75 Å². The smallest absolute Gasteiger partial charge is 0.287 e. The van der Waals surface area contributed by atoms with E-state index >= 15 is 0 Å². The molecule has 8 heteroatoms. The molecule has 4 aromatic rings. The normalized spacial score (nSPS) is 11.2. The average molecular weight is 395 g/mol. The molecule has 0 spiro atoms. The van der Waals surface area contributed by atoms with Gasteiger partial charge in [-0.3, -0.25) is 4.79 Å². The molecular weight excluding hydrogens is 381 g/mol. The number of hydrogen-bond donors (Lipinski definition) is 0. The van der Waals surface area contributed by atoms with Crippen LogP contribution in [0.3, 0.4) is 0 Å². The maximum atomic E-state index is 13.5. The van der Waals surface area contributed by atoms with E-state index in [4.69, 9.17) is 9.15 Å². The van der Waals surface area contributed by atoms with E-state index in [9.17, 15) is 9.18 Å². The molecule has 0 aliphatic heterocycles. The Hall–Kier alpha value is -3.52. The lowest BCUT2D eigenvalue weighted by Crippen LogP contribution is -2.30. The van der Waals surface area contributed by atoms with E-state index in [2.05, 4.69) is 10.1 Å². The summed E-state index contributed by atoms with van der Waals surface area (Å²) >= 11 is 1.16. The molecule has 2 aromatic heterocycles. The largest absolute Gasteiger partial charge is 0.484 e. The summed E-state index contributed by atoms with van der Waals surface area (Å²) in [6, 6.07) is 16.7. The molecule has 28 heavy (non-hydrogen) atoms. The van der Waals surface area contributed by atoms with Crippen molar-refractivity contribution >= 4 is 38.8 Å². The van der Waals surface area contributed by atoms with Gasteiger partial charge in [-0.15, -0.1) is 0 Å². The van der Waals surface area contributed by atoms with E-state index in [-0.39, 0.29) is 12.4 Å². The number of carbonyl (C=O) groups excluding carboxylic acids is 1. The van der Waals surface area contributed by atoms with E-state index < -0.39 is 5.91 Å². The number of hydrazone groups is 1. The summed E-state index contributed by atoms with van der Waals surface area (Å²) < 4.78 is 24.8. The highest BCUT2D eigenvalue weighted by Gasteiger charge is 2.20. The van der Waals surface area contributed by atoms with Crippen LogP contribution < -0.4 is 9.75 Å². The minimum absolute atomic E-state index is 0.232. The van der Waals surface area contributed by atoms with Gasteiger partial charge >= 0.3 is 0 Å². The molecule has 2 aromatic carbocycles. The van der Waals surface area contributed by atoms with Crippen LogP contribution in [-0.4, -0.2) is 23.7 Å². The van der Waals surface area contributed by atoms with Gasteiger partial charge in [-0.25, -0.2) is 9.37 Å². The van der Waals surface area contributed by atoms with Gasteiger partial charge in [0.05, 0.1) is 22.7 Å². The minimum Gasteiger partial charge on any atom is -0.484 e. The van der Waals surface area contributed by atoms with Crippen molar-refractivity contribution in [2.24, 2.45) is 5.10 Å². The van der Waals surface area contributed by atoms with Crippen LogP contribution in [0, 0.1) is 5.82 Å². The standard InChI is InChI=1S/C20H14FN3O3S/c21-14-8-9-17-18(11-14)28-20(23-17)24(22-12-16-7-4-10-26-16)19(25)13-27-15-5-2-1-3-6-15/h1-12H,13H2/b22-12+. The molecule has 0 aliphatic carbocycles. The van der Waals surface area contributed by atoms with Crippen LogP contribution in [0.1, 0.15) is 5.76 Å². The third kappa shape index (κ3) is 4.07. The number of furan rings is 1. The maximum Gasteiger partial charge on any atom is 0.287 e. The third-order valence-corrected chi connectivity index (χ3v) is 4.70. The van der Waals surface area contributed by atoms with Gasteiger partial charge in [0.2, 0.25) is 5.13 Å². The fourth-order valence-electron chi connectivity index (χ4n) is 2.40. The van der Waals surface area contributed by atoms with Gasteiger partial charge in [-0.1, -0.05) is 29.5 Å². The van der Waals surface area contributed by atoms with Crippen LogP contribution in [0.15, 0.2) is 76.4 Å². The number of halogens is 1.